The van der Waals surface area contributed by atoms with Crippen LogP contribution in [0.3, 0.4) is 0 Å². The number of methoxy groups -OCH3 is 1. The number of halogens is 3. The lowest BCUT2D eigenvalue weighted by molar-refractivity contribution is 0.270. The second-order valence-electron chi connectivity index (χ2n) is 4.29. The van der Waals surface area contributed by atoms with E-state index in [0.29, 0.717) is 32.1 Å². The van der Waals surface area contributed by atoms with Crippen LogP contribution in [0.1, 0.15) is 11.1 Å². The van der Waals surface area contributed by atoms with Crippen molar-refractivity contribution in [3.05, 3.63) is 56.8 Å². The zero-order valence-electron chi connectivity index (χ0n) is 11.2. The number of hydrogen-bond donors (Lipinski definition) is 1. The summed E-state index contributed by atoms with van der Waals surface area (Å²) in [5.74, 6) is 0.506. The van der Waals surface area contributed by atoms with Crippen LogP contribution in [0.25, 0.3) is 0 Å². The summed E-state index contributed by atoms with van der Waals surface area (Å²) >= 11 is 9.19. The number of rotatable bonds is 5. The first-order chi connectivity index (χ1) is 10.0. The van der Waals surface area contributed by atoms with Crippen LogP contribution in [0.2, 0.25) is 5.02 Å². The van der Waals surface area contributed by atoms with E-state index < -0.39 is 0 Å². The van der Waals surface area contributed by atoms with Gasteiger partial charge in [-0.15, -0.1) is 0 Å². The van der Waals surface area contributed by atoms with E-state index in [-0.39, 0.29) is 19.0 Å². The lowest BCUT2D eigenvalue weighted by atomic mass is 10.2. The molecule has 0 fully saturated rings. The van der Waals surface area contributed by atoms with E-state index in [9.17, 15) is 4.39 Å². The maximum atomic E-state index is 13.7. The summed E-state index contributed by atoms with van der Waals surface area (Å²) in [5, 5.41) is 9.61. The molecule has 0 radical (unpaired) electrons. The fourth-order valence-corrected chi connectivity index (χ4v) is 2.61. The van der Waals surface area contributed by atoms with Crippen molar-refractivity contribution < 1.29 is 19.0 Å². The molecule has 3 nitrogen and oxygen atoms in total. The average molecular weight is 376 g/mol. The Morgan fingerprint density at radius 2 is 2.05 bits per heavy atom. The van der Waals surface area contributed by atoms with Gasteiger partial charge in [-0.05, 0) is 51.8 Å². The van der Waals surface area contributed by atoms with Gasteiger partial charge in [-0.3, -0.25) is 0 Å². The summed E-state index contributed by atoms with van der Waals surface area (Å²) in [6.45, 7) is -0.0992. The molecule has 0 amide bonds. The van der Waals surface area contributed by atoms with Crippen LogP contribution in [-0.4, -0.2) is 12.2 Å². The highest BCUT2D eigenvalue weighted by molar-refractivity contribution is 9.10. The van der Waals surface area contributed by atoms with Crippen LogP contribution >= 0.6 is 27.5 Å². The van der Waals surface area contributed by atoms with Crippen molar-refractivity contribution >= 4 is 27.5 Å². The topological polar surface area (TPSA) is 38.7 Å². The van der Waals surface area contributed by atoms with Gasteiger partial charge < -0.3 is 14.6 Å². The van der Waals surface area contributed by atoms with Crippen molar-refractivity contribution in [2.75, 3.05) is 7.11 Å². The predicted octanol–water partition coefficient (Wildman–Crippen LogP) is 4.32. The van der Waals surface area contributed by atoms with E-state index in [2.05, 4.69) is 15.9 Å². The minimum absolute atomic E-state index is 0.0137. The van der Waals surface area contributed by atoms with Crippen molar-refractivity contribution in [2.45, 2.75) is 13.2 Å². The molecule has 2 aromatic carbocycles. The fourth-order valence-electron chi connectivity index (χ4n) is 1.81. The highest BCUT2D eigenvalue weighted by Crippen LogP contribution is 2.37. The molecule has 0 aliphatic carbocycles. The van der Waals surface area contributed by atoms with Gasteiger partial charge in [0.25, 0.3) is 0 Å². The highest BCUT2D eigenvalue weighted by Gasteiger charge is 2.13. The van der Waals surface area contributed by atoms with E-state index in [1.54, 1.807) is 12.1 Å². The first-order valence-corrected chi connectivity index (χ1v) is 7.26. The van der Waals surface area contributed by atoms with E-state index in [1.807, 2.05) is 0 Å². The van der Waals surface area contributed by atoms with Crippen LogP contribution in [0.15, 0.2) is 34.8 Å². The first kappa shape index (κ1) is 16.1. The molecule has 21 heavy (non-hydrogen) atoms. The maximum Gasteiger partial charge on any atom is 0.175 e. The van der Waals surface area contributed by atoms with Gasteiger partial charge in [-0.25, -0.2) is 4.39 Å². The number of aliphatic hydroxyl groups excluding tert-OH is 1. The third-order valence-corrected chi connectivity index (χ3v) is 3.68. The van der Waals surface area contributed by atoms with Crippen LogP contribution in [0.4, 0.5) is 4.39 Å². The molecule has 0 saturated carbocycles. The maximum absolute atomic E-state index is 13.7. The van der Waals surface area contributed by atoms with E-state index in [1.165, 1.54) is 25.3 Å². The molecule has 112 valence electrons. The summed E-state index contributed by atoms with van der Waals surface area (Å²) in [5.41, 5.74) is 1.03. The molecule has 0 heterocycles. The van der Waals surface area contributed by atoms with Gasteiger partial charge in [0, 0.05) is 10.6 Å². The fraction of sp³-hybridized carbons (Fsp3) is 0.200. The lowest BCUT2D eigenvalue weighted by Crippen LogP contribution is -2.01. The normalized spacial score (nSPS) is 10.5. The average Bonchev–Trinajstić information content (AvgIpc) is 2.48. The number of hydrogen-bond acceptors (Lipinski definition) is 3. The van der Waals surface area contributed by atoms with Crippen molar-refractivity contribution in [1.82, 2.24) is 0 Å². The largest absolute Gasteiger partial charge is 0.493 e. The predicted molar refractivity (Wildman–Crippen MR) is 82.4 cm³/mol. The Kier molecular flexibility index (Phi) is 5.45. The van der Waals surface area contributed by atoms with Gasteiger partial charge in [-0.2, -0.15) is 0 Å². The quantitative estimate of drug-likeness (QED) is 0.846. The van der Waals surface area contributed by atoms with E-state index in [0.717, 1.165) is 0 Å². The van der Waals surface area contributed by atoms with Gasteiger partial charge in [0.15, 0.2) is 11.5 Å². The van der Waals surface area contributed by atoms with Crippen molar-refractivity contribution in [3.63, 3.8) is 0 Å². The molecule has 0 bridgehead atoms. The van der Waals surface area contributed by atoms with E-state index in [4.69, 9.17) is 26.2 Å². The lowest BCUT2D eigenvalue weighted by Gasteiger charge is -2.14. The summed E-state index contributed by atoms with van der Waals surface area (Å²) in [6, 6.07) is 7.66. The minimum Gasteiger partial charge on any atom is -0.493 e. The standard InChI is InChI=1S/C15H13BrClFO3/c1-20-14-5-9(7-19)4-12(16)15(14)21-8-10-6-11(17)2-3-13(10)18/h2-6,19H,7-8H2,1H3. The molecular formula is C15H13BrClFO3. The molecule has 0 aromatic heterocycles. The molecule has 0 unspecified atom stereocenters. The summed E-state index contributed by atoms with van der Waals surface area (Å²) < 4.78 is 25.1. The molecule has 0 aliphatic heterocycles. The van der Waals surface area contributed by atoms with Crippen molar-refractivity contribution in [1.29, 1.82) is 0 Å². The SMILES string of the molecule is COc1cc(CO)cc(Br)c1OCc1cc(Cl)ccc1F. The smallest absolute Gasteiger partial charge is 0.175 e. The Hall–Kier alpha value is -1.30. The second kappa shape index (κ2) is 7.11. The van der Waals surface area contributed by atoms with E-state index >= 15 is 0 Å². The van der Waals surface area contributed by atoms with Gasteiger partial charge in [-0.1, -0.05) is 11.6 Å². The van der Waals surface area contributed by atoms with Crippen LogP contribution < -0.4 is 9.47 Å². The van der Waals surface area contributed by atoms with Crippen molar-refractivity contribution in [2.24, 2.45) is 0 Å². The van der Waals surface area contributed by atoms with Gasteiger partial charge >= 0.3 is 0 Å². The Bertz CT molecular complexity index is 649. The Balaban J connectivity index is 2.25. The van der Waals surface area contributed by atoms with Crippen LogP contribution in [0, 0.1) is 5.82 Å². The number of benzene rings is 2. The third-order valence-electron chi connectivity index (χ3n) is 2.85. The number of aliphatic hydroxyl groups is 1. The van der Waals surface area contributed by atoms with Crippen molar-refractivity contribution in [3.8, 4) is 11.5 Å². The molecular weight excluding hydrogens is 363 g/mol. The Morgan fingerprint density at radius 1 is 1.29 bits per heavy atom. The van der Waals surface area contributed by atoms with Gasteiger partial charge in [0.1, 0.15) is 12.4 Å². The number of ether oxygens (including phenoxy) is 2. The molecule has 0 spiro atoms. The summed E-state index contributed by atoms with van der Waals surface area (Å²) in [4.78, 5) is 0. The van der Waals surface area contributed by atoms with Crippen LogP contribution in [-0.2, 0) is 13.2 Å². The molecule has 0 saturated heterocycles. The molecule has 2 rings (SSSR count). The monoisotopic (exact) mass is 374 g/mol. The Labute approximate surface area is 135 Å². The molecule has 2 aromatic rings. The molecule has 6 heteroatoms. The minimum atomic E-state index is -0.388. The molecule has 0 aliphatic rings. The zero-order valence-corrected chi connectivity index (χ0v) is 13.5. The Morgan fingerprint density at radius 3 is 2.71 bits per heavy atom. The summed E-state index contributed by atoms with van der Waals surface area (Å²) in [6.07, 6.45) is 0. The summed E-state index contributed by atoms with van der Waals surface area (Å²) in [7, 11) is 1.50. The van der Waals surface area contributed by atoms with Crippen LogP contribution in [0.5, 0.6) is 11.5 Å². The first-order valence-electron chi connectivity index (χ1n) is 6.09. The second-order valence-corrected chi connectivity index (χ2v) is 5.58. The molecule has 0 atom stereocenters. The zero-order chi connectivity index (χ0) is 15.4. The third kappa shape index (κ3) is 3.87. The molecule has 1 N–H and O–H groups in total. The highest BCUT2D eigenvalue weighted by atomic mass is 79.9. The van der Waals surface area contributed by atoms with Gasteiger partial charge in [0.05, 0.1) is 18.2 Å². The van der Waals surface area contributed by atoms with Gasteiger partial charge in [0.2, 0.25) is 0 Å².